The molecule has 1 aromatic rings. The minimum absolute atomic E-state index is 1.07. The van der Waals surface area contributed by atoms with E-state index in [2.05, 4.69) is 30.1 Å². The Bertz CT molecular complexity index is 342. The number of aromatic nitrogens is 1. The Morgan fingerprint density at radius 2 is 1.43 bits per heavy atom. The van der Waals surface area contributed by atoms with Crippen molar-refractivity contribution < 1.29 is 0 Å². The molecule has 0 N–H and O–H groups in total. The molecule has 1 heteroatoms. The number of hydrogen-bond donors (Lipinski definition) is 0. The van der Waals surface area contributed by atoms with Gasteiger partial charge >= 0.3 is 0 Å². The lowest BCUT2D eigenvalue weighted by atomic mass is 10.1. The van der Waals surface area contributed by atoms with Gasteiger partial charge in [-0.2, -0.15) is 0 Å². The summed E-state index contributed by atoms with van der Waals surface area (Å²) < 4.78 is 0. The van der Waals surface area contributed by atoms with E-state index < -0.39 is 0 Å². The minimum Gasteiger partial charge on any atom is -0.257 e. The third kappa shape index (κ3) is 11.2. The Labute approximate surface area is 131 Å². The second-order valence-electron chi connectivity index (χ2n) is 5.98. The van der Waals surface area contributed by atoms with Crippen molar-refractivity contribution >= 4 is 6.08 Å². The number of pyridine rings is 1. The van der Waals surface area contributed by atoms with Gasteiger partial charge in [0.1, 0.15) is 0 Å². The Kier molecular flexibility index (Phi) is 11.8. The molecule has 1 rings (SSSR count). The topological polar surface area (TPSA) is 12.9 Å². The molecule has 0 spiro atoms. The first-order valence-corrected chi connectivity index (χ1v) is 9.01. The van der Waals surface area contributed by atoms with Gasteiger partial charge in [0.2, 0.25) is 0 Å². The Hall–Kier alpha value is -1.11. The molecule has 1 nitrogen and oxygen atoms in total. The SMILES string of the molecule is CCCCCCCCCCCCC/C=C/c1ccccn1. The molecule has 0 saturated heterocycles. The fourth-order valence-corrected chi connectivity index (χ4v) is 2.61. The van der Waals surface area contributed by atoms with Crippen LogP contribution >= 0.6 is 0 Å². The molecular weight excluding hydrogens is 254 g/mol. The molecule has 1 aromatic heterocycles. The Morgan fingerprint density at radius 1 is 0.810 bits per heavy atom. The second-order valence-corrected chi connectivity index (χ2v) is 5.98. The van der Waals surface area contributed by atoms with Crippen molar-refractivity contribution in [1.29, 1.82) is 0 Å². The van der Waals surface area contributed by atoms with Crippen LogP contribution in [0.5, 0.6) is 0 Å². The van der Waals surface area contributed by atoms with E-state index in [-0.39, 0.29) is 0 Å². The highest BCUT2D eigenvalue weighted by Crippen LogP contribution is 2.12. The van der Waals surface area contributed by atoms with Gasteiger partial charge in [-0.25, -0.2) is 0 Å². The summed E-state index contributed by atoms with van der Waals surface area (Å²) in [7, 11) is 0. The molecule has 0 fully saturated rings. The maximum absolute atomic E-state index is 4.29. The molecule has 0 bridgehead atoms. The lowest BCUT2D eigenvalue weighted by Crippen LogP contribution is -1.82. The van der Waals surface area contributed by atoms with Crippen LogP contribution < -0.4 is 0 Å². The van der Waals surface area contributed by atoms with Crippen LogP contribution in [-0.4, -0.2) is 4.98 Å². The molecule has 118 valence electrons. The van der Waals surface area contributed by atoms with Crippen molar-refractivity contribution in [3.63, 3.8) is 0 Å². The molecule has 0 unspecified atom stereocenters. The van der Waals surface area contributed by atoms with Gasteiger partial charge in [0, 0.05) is 6.20 Å². The van der Waals surface area contributed by atoms with Gasteiger partial charge in [-0.05, 0) is 31.1 Å². The highest BCUT2D eigenvalue weighted by atomic mass is 14.6. The van der Waals surface area contributed by atoms with Crippen molar-refractivity contribution in [1.82, 2.24) is 4.98 Å². The van der Waals surface area contributed by atoms with Crippen LogP contribution in [0.4, 0.5) is 0 Å². The molecule has 0 radical (unpaired) electrons. The van der Waals surface area contributed by atoms with Gasteiger partial charge in [0.15, 0.2) is 0 Å². The molecule has 0 saturated carbocycles. The summed E-state index contributed by atoms with van der Waals surface area (Å²) in [4.78, 5) is 4.29. The number of rotatable bonds is 13. The zero-order valence-electron chi connectivity index (χ0n) is 13.9. The quantitative estimate of drug-likeness (QED) is 0.364. The summed E-state index contributed by atoms with van der Waals surface area (Å²) in [6.07, 6.45) is 23.0. The minimum atomic E-state index is 1.07. The maximum atomic E-state index is 4.29. The standard InChI is InChI=1S/C20H33N/c1-2-3-4-5-6-7-8-9-10-11-12-13-14-17-20-18-15-16-19-21-20/h14-19H,2-13H2,1H3/b17-14+. The van der Waals surface area contributed by atoms with Crippen molar-refractivity contribution in [2.45, 2.75) is 84.0 Å². The average Bonchev–Trinajstić information content (AvgIpc) is 2.53. The van der Waals surface area contributed by atoms with Crippen molar-refractivity contribution in [2.75, 3.05) is 0 Å². The van der Waals surface area contributed by atoms with Gasteiger partial charge in [-0.15, -0.1) is 0 Å². The fourth-order valence-electron chi connectivity index (χ4n) is 2.61. The van der Waals surface area contributed by atoms with Gasteiger partial charge < -0.3 is 0 Å². The van der Waals surface area contributed by atoms with Crippen LogP contribution in [-0.2, 0) is 0 Å². The lowest BCUT2D eigenvalue weighted by Gasteiger charge is -2.01. The van der Waals surface area contributed by atoms with Crippen LogP contribution in [0, 0.1) is 0 Å². The lowest BCUT2D eigenvalue weighted by molar-refractivity contribution is 0.550. The van der Waals surface area contributed by atoms with Crippen molar-refractivity contribution in [3.05, 3.63) is 36.2 Å². The third-order valence-corrected chi connectivity index (χ3v) is 3.95. The van der Waals surface area contributed by atoms with Crippen LogP contribution in [0.25, 0.3) is 6.08 Å². The molecular formula is C20H33N. The Balaban J connectivity index is 1.82. The first-order valence-electron chi connectivity index (χ1n) is 9.01. The molecule has 0 amide bonds. The first-order chi connectivity index (χ1) is 10.4. The van der Waals surface area contributed by atoms with Crippen LogP contribution in [0.3, 0.4) is 0 Å². The van der Waals surface area contributed by atoms with Crippen LogP contribution in [0.15, 0.2) is 30.5 Å². The highest BCUT2D eigenvalue weighted by molar-refractivity contribution is 5.43. The number of nitrogens with zero attached hydrogens (tertiary/aromatic N) is 1. The summed E-state index contributed by atoms with van der Waals surface area (Å²) in [5, 5.41) is 0. The van der Waals surface area contributed by atoms with E-state index in [0.717, 1.165) is 5.69 Å². The van der Waals surface area contributed by atoms with E-state index in [9.17, 15) is 0 Å². The fraction of sp³-hybridized carbons (Fsp3) is 0.650. The number of unbranched alkanes of at least 4 members (excludes halogenated alkanes) is 11. The van der Waals surface area contributed by atoms with E-state index in [0.29, 0.717) is 0 Å². The Morgan fingerprint density at radius 3 is 2.00 bits per heavy atom. The molecule has 1 heterocycles. The zero-order chi connectivity index (χ0) is 15.0. The smallest absolute Gasteiger partial charge is 0.0626 e. The zero-order valence-corrected chi connectivity index (χ0v) is 13.9. The number of hydrogen-bond acceptors (Lipinski definition) is 1. The average molecular weight is 287 g/mol. The predicted octanol–water partition coefficient (Wildman–Crippen LogP) is 6.80. The van der Waals surface area contributed by atoms with Gasteiger partial charge in [0.25, 0.3) is 0 Å². The van der Waals surface area contributed by atoms with Crippen molar-refractivity contribution in [2.24, 2.45) is 0 Å². The van der Waals surface area contributed by atoms with E-state index in [1.54, 1.807) is 0 Å². The maximum Gasteiger partial charge on any atom is 0.0626 e. The summed E-state index contributed by atoms with van der Waals surface area (Å²) in [6.45, 7) is 2.28. The van der Waals surface area contributed by atoms with E-state index >= 15 is 0 Å². The molecule has 0 aliphatic carbocycles. The predicted molar refractivity (Wildman–Crippen MR) is 94.3 cm³/mol. The number of allylic oxidation sites excluding steroid dienone is 1. The third-order valence-electron chi connectivity index (χ3n) is 3.95. The largest absolute Gasteiger partial charge is 0.257 e. The molecule has 0 atom stereocenters. The monoisotopic (exact) mass is 287 g/mol. The summed E-state index contributed by atoms with van der Waals surface area (Å²) in [5.74, 6) is 0. The second kappa shape index (κ2) is 13.9. The van der Waals surface area contributed by atoms with Crippen LogP contribution in [0.2, 0.25) is 0 Å². The van der Waals surface area contributed by atoms with Crippen molar-refractivity contribution in [3.8, 4) is 0 Å². The van der Waals surface area contributed by atoms with Gasteiger partial charge in [0.05, 0.1) is 5.69 Å². The van der Waals surface area contributed by atoms with Crippen LogP contribution in [0.1, 0.15) is 89.7 Å². The van der Waals surface area contributed by atoms with E-state index in [1.807, 2.05) is 18.3 Å². The molecule has 21 heavy (non-hydrogen) atoms. The molecule has 0 aromatic carbocycles. The van der Waals surface area contributed by atoms with E-state index in [4.69, 9.17) is 0 Å². The molecule has 0 aliphatic rings. The van der Waals surface area contributed by atoms with E-state index in [1.165, 1.54) is 77.0 Å². The van der Waals surface area contributed by atoms with Gasteiger partial charge in [-0.3, -0.25) is 4.98 Å². The summed E-state index contributed by atoms with van der Waals surface area (Å²) in [5.41, 5.74) is 1.07. The summed E-state index contributed by atoms with van der Waals surface area (Å²) >= 11 is 0. The first kappa shape index (κ1) is 17.9. The van der Waals surface area contributed by atoms with Gasteiger partial charge in [-0.1, -0.05) is 83.3 Å². The molecule has 0 aliphatic heterocycles. The summed E-state index contributed by atoms with van der Waals surface area (Å²) in [6, 6.07) is 6.05. The normalized spacial score (nSPS) is 11.3. The highest BCUT2D eigenvalue weighted by Gasteiger charge is 1.92.